The van der Waals surface area contributed by atoms with Crippen molar-refractivity contribution in [3.8, 4) is 17.5 Å². The number of nitrogens with one attached hydrogen (secondary N) is 1. The van der Waals surface area contributed by atoms with E-state index < -0.39 is 12.3 Å². The maximum atomic E-state index is 13.0. The second-order valence-electron chi connectivity index (χ2n) is 6.08. The number of nitrogens with zero attached hydrogens (tertiary/aromatic N) is 3. The molecular weight excluding hydrogens is 328 g/mol. The summed E-state index contributed by atoms with van der Waals surface area (Å²) >= 11 is 0. The molecule has 0 spiro atoms. The van der Waals surface area contributed by atoms with Crippen molar-refractivity contribution in [3.05, 3.63) is 41.1 Å². The normalized spacial score (nSPS) is 14.2. The molecule has 1 aliphatic rings. The Hall–Kier alpha value is -3.21. The van der Waals surface area contributed by atoms with Crippen molar-refractivity contribution in [2.24, 2.45) is 5.73 Å². The first-order valence-corrected chi connectivity index (χ1v) is 7.72. The summed E-state index contributed by atoms with van der Waals surface area (Å²) in [6, 6.07) is 8.19. The fourth-order valence-electron chi connectivity index (χ4n) is 2.96. The Balaban J connectivity index is 1.92. The van der Waals surface area contributed by atoms with Gasteiger partial charge in [0.2, 0.25) is 0 Å². The van der Waals surface area contributed by atoms with E-state index in [1.54, 1.807) is 16.8 Å². The number of amides is 1. The van der Waals surface area contributed by atoms with Crippen LogP contribution >= 0.6 is 0 Å². The van der Waals surface area contributed by atoms with Gasteiger partial charge < -0.3 is 10.7 Å². The van der Waals surface area contributed by atoms with Crippen LogP contribution in [0.3, 0.4) is 0 Å². The molecule has 1 amide bonds. The summed E-state index contributed by atoms with van der Waals surface area (Å²) in [5.41, 5.74) is 7.16. The summed E-state index contributed by atoms with van der Waals surface area (Å²) in [5.74, 6) is -0.667. The minimum absolute atomic E-state index is 0.110. The first kappa shape index (κ1) is 15.3. The van der Waals surface area contributed by atoms with E-state index in [1.165, 1.54) is 12.1 Å². The number of primary amides is 1. The predicted octanol–water partition coefficient (Wildman–Crippen LogP) is 3.27. The molecule has 25 heavy (non-hydrogen) atoms. The van der Waals surface area contributed by atoms with Gasteiger partial charge in [0.05, 0.1) is 40.1 Å². The molecule has 0 saturated heterocycles. The Kier molecular flexibility index (Phi) is 3.32. The zero-order valence-electron chi connectivity index (χ0n) is 13.0. The van der Waals surface area contributed by atoms with E-state index >= 15 is 0 Å². The van der Waals surface area contributed by atoms with E-state index in [0.29, 0.717) is 27.9 Å². The lowest BCUT2D eigenvalue weighted by Gasteiger charge is -2.03. The third kappa shape index (κ3) is 2.54. The smallest absolute Gasteiger partial charge is 0.282 e. The molecule has 1 saturated carbocycles. The van der Waals surface area contributed by atoms with Gasteiger partial charge in [0.1, 0.15) is 5.69 Å². The van der Waals surface area contributed by atoms with Crippen LogP contribution < -0.4 is 5.73 Å². The topological polar surface area (TPSA) is 100 Å². The van der Waals surface area contributed by atoms with Gasteiger partial charge in [-0.15, -0.1) is 0 Å². The first-order chi connectivity index (χ1) is 12.0. The van der Waals surface area contributed by atoms with Crippen LogP contribution in [0.15, 0.2) is 24.3 Å². The van der Waals surface area contributed by atoms with Crippen LogP contribution in [0.5, 0.6) is 0 Å². The number of H-pyrrole nitrogens is 1. The monoisotopic (exact) mass is 341 g/mol. The quantitative estimate of drug-likeness (QED) is 0.761. The largest absolute Gasteiger partial charge is 0.366 e. The number of nitrogens with two attached hydrogens (primary N) is 1. The highest BCUT2D eigenvalue weighted by Crippen LogP contribution is 2.40. The average Bonchev–Trinajstić information content (AvgIpc) is 3.18. The summed E-state index contributed by atoms with van der Waals surface area (Å²) in [6.45, 7) is 0. The molecule has 2 aromatic heterocycles. The fourth-order valence-corrected chi connectivity index (χ4v) is 2.96. The van der Waals surface area contributed by atoms with Gasteiger partial charge in [0.25, 0.3) is 12.3 Å². The van der Waals surface area contributed by atoms with Crippen LogP contribution in [0.25, 0.3) is 22.3 Å². The van der Waals surface area contributed by atoms with Crippen molar-refractivity contribution < 1.29 is 13.6 Å². The molecule has 6 nitrogen and oxygen atoms in total. The molecule has 3 N–H and O–H groups in total. The lowest BCUT2D eigenvalue weighted by molar-refractivity contribution is 0.100. The number of halogens is 2. The maximum Gasteiger partial charge on any atom is 0.282 e. The average molecular weight is 341 g/mol. The van der Waals surface area contributed by atoms with Crippen molar-refractivity contribution >= 4 is 16.8 Å². The van der Waals surface area contributed by atoms with E-state index in [-0.39, 0.29) is 17.3 Å². The number of aromatic amines is 1. The molecule has 0 aliphatic heterocycles. The molecule has 1 aromatic carbocycles. The van der Waals surface area contributed by atoms with Crippen molar-refractivity contribution in [1.82, 2.24) is 14.8 Å². The van der Waals surface area contributed by atoms with Crippen molar-refractivity contribution in [2.45, 2.75) is 25.3 Å². The zero-order chi connectivity index (χ0) is 17.7. The number of benzene rings is 1. The number of nitriles is 1. The molecule has 126 valence electrons. The molecule has 2 heterocycles. The van der Waals surface area contributed by atoms with Crippen LogP contribution in [0, 0.1) is 11.3 Å². The Morgan fingerprint density at radius 3 is 2.72 bits per heavy atom. The van der Waals surface area contributed by atoms with E-state index in [9.17, 15) is 13.6 Å². The minimum Gasteiger partial charge on any atom is -0.366 e. The molecule has 4 rings (SSSR count). The molecule has 0 unspecified atom stereocenters. The summed E-state index contributed by atoms with van der Waals surface area (Å²) < 4.78 is 27.7. The number of carbonyl (C=O) groups excluding carboxylic acids is 1. The highest BCUT2D eigenvalue weighted by Gasteiger charge is 2.30. The number of aromatic nitrogens is 3. The SMILES string of the molecule is N#Cc1cc(C(N)=O)c2[nH]c(-c3cc(C(F)F)nn3C3CC3)cc2c1. The van der Waals surface area contributed by atoms with Gasteiger partial charge in [-0.1, -0.05) is 0 Å². The second kappa shape index (κ2) is 5.41. The van der Waals surface area contributed by atoms with Crippen LogP contribution in [0.1, 0.15) is 46.9 Å². The lowest BCUT2D eigenvalue weighted by Crippen LogP contribution is -2.11. The third-order valence-corrected chi connectivity index (χ3v) is 4.27. The van der Waals surface area contributed by atoms with Gasteiger partial charge in [0, 0.05) is 5.39 Å². The molecule has 0 radical (unpaired) electrons. The van der Waals surface area contributed by atoms with E-state index in [2.05, 4.69) is 10.1 Å². The van der Waals surface area contributed by atoms with Crippen molar-refractivity contribution in [1.29, 1.82) is 5.26 Å². The molecule has 1 fully saturated rings. The van der Waals surface area contributed by atoms with Crippen molar-refractivity contribution in [2.75, 3.05) is 0 Å². The van der Waals surface area contributed by atoms with Crippen LogP contribution in [0.4, 0.5) is 8.78 Å². The number of alkyl halides is 2. The number of fused-ring (bicyclic) bond motifs is 1. The highest BCUT2D eigenvalue weighted by atomic mass is 19.3. The molecule has 0 atom stereocenters. The van der Waals surface area contributed by atoms with Crippen LogP contribution in [-0.4, -0.2) is 20.7 Å². The van der Waals surface area contributed by atoms with Crippen molar-refractivity contribution in [3.63, 3.8) is 0 Å². The van der Waals surface area contributed by atoms with E-state index in [1.807, 2.05) is 6.07 Å². The Labute approximate surface area is 140 Å². The zero-order valence-corrected chi connectivity index (χ0v) is 13.0. The molecule has 1 aliphatic carbocycles. The molecular formula is C17H13F2N5O. The third-order valence-electron chi connectivity index (χ3n) is 4.27. The predicted molar refractivity (Wildman–Crippen MR) is 86.0 cm³/mol. The van der Waals surface area contributed by atoms with Gasteiger partial charge in [-0.25, -0.2) is 8.78 Å². The summed E-state index contributed by atoms with van der Waals surface area (Å²) in [6.07, 6.45) is -0.875. The van der Waals surface area contributed by atoms with Gasteiger partial charge in [-0.2, -0.15) is 10.4 Å². The van der Waals surface area contributed by atoms with Crippen LogP contribution in [0.2, 0.25) is 0 Å². The number of hydrogen-bond donors (Lipinski definition) is 2. The molecule has 8 heteroatoms. The summed E-state index contributed by atoms with van der Waals surface area (Å²) in [4.78, 5) is 14.8. The summed E-state index contributed by atoms with van der Waals surface area (Å²) in [7, 11) is 0. The number of carbonyl (C=O) groups is 1. The van der Waals surface area contributed by atoms with Gasteiger partial charge in [-0.3, -0.25) is 9.48 Å². The van der Waals surface area contributed by atoms with Gasteiger partial charge >= 0.3 is 0 Å². The standard InChI is InChI=1S/C17H13F2N5O/c18-16(19)13-6-14(24(23-13)10-1-2-10)12-5-9-3-8(7-20)4-11(17(21)25)15(9)22-12/h3-6,10,16,22H,1-2H2,(H2,21,25). The first-order valence-electron chi connectivity index (χ1n) is 7.72. The Bertz CT molecular complexity index is 1040. The highest BCUT2D eigenvalue weighted by molar-refractivity contribution is 6.06. The number of rotatable bonds is 4. The van der Waals surface area contributed by atoms with Gasteiger partial charge in [-0.05, 0) is 37.1 Å². The molecule has 0 bridgehead atoms. The van der Waals surface area contributed by atoms with Gasteiger partial charge in [0.15, 0.2) is 0 Å². The minimum atomic E-state index is -2.66. The van der Waals surface area contributed by atoms with E-state index in [0.717, 1.165) is 12.8 Å². The van der Waals surface area contributed by atoms with E-state index in [4.69, 9.17) is 11.0 Å². The maximum absolute atomic E-state index is 13.0. The fraction of sp³-hybridized carbons (Fsp3) is 0.235. The summed E-state index contributed by atoms with van der Waals surface area (Å²) in [5, 5.41) is 13.7. The second-order valence-corrected chi connectivity index (χ2v) is 6.08. The van der Waals surface area contributed by atoms with Crippen LogP contribution in [-0.2, 0) is 0 Å². The number of hydrogen-bond acceptors (Lipinski definition) is 3. The molecule has 3 aromatic rings. The Morgan fingerprint density at radius 1 is 1.36 bits per heavy atom. The Morgan fingerprint density at radius 2 is 2.12 bits per heavy atom. The lowest BCUT2D eigenvalue weighted by atomic mass is 10.1.